The number of ether oxygens (including phenoxy) is 2. The van der Waals surface area contributed by atoms with Crippen LogP contribution in [-0.2, 0) is 9.47 Å². The molecule has 4 heteroatoms. The van der Waals surface area contributed by atoms with Gasteiger partial charge in [-0.3, -0.25) is 0 Å². The lowest BCUT2D eigenvalue weighted by molar-refractivity contribution is 0.0435. The minimum absolute atomic E-state index is 0.361. The molecule has 2 fully saturated rings. The Bertz CT molecular complexity index is 301. The van der Waals surface area contributed by atoms with Gasteiger partial charge in [0.05, 0.1) is 25.4 Å². The van der Waals surface area contributed by atoms with Gasteiger partial charge in [0.15, 0.2) is 0 Å². The van der Waals surface area contributed by atoms with Crippen LogP contribution < -0.4 is 0 Å². The number of hydrogen-bond donors (Lipinski definition) is 0. The minimum atomic E-state index is 0.361. The topological polar surface area (TPSA) is 24.9 Å². The van der Waals surface area contributed by atoms with Crippen molar-refractivity contribution in [2.45, 2.75) is 72.0 Å². The van der Waals surface area contributed by atoms with Crippen LogP contribution in [0.25, 0.3) is 0 Å². The van der Waals surface area contributed by atoms with Crippen molar-refractivity contribution in [3.8, 4) is 0 Å². The van der Waals surface area contributed by atoms with Crippen molar-refractivity contribution >= 4 is 0 Å². The monoisotopic (exact) mass is 354 g/mol. The third kappa shape index (κ3) is 8.85. The highest BCUT2D eigenvalue weighted by Crippen LogP contribution is 2.29. The zero-order valence-corrected chi connectivity index (χ0v) is 17.2. The molecule has 25 heavy (non-hydrogen) atoms. The molecular weight excluding hydrogens is 312 g/mol. The van der Waals surface area contributed by atoms with Crippen molar-refractivity contribution in [3.05, 3.63) is 0 Å². The van der Waals surface area contributed by atoms with Crippen molar-refractivity contribution in [2.24, 2.45) is 11.8 Å². The summed E-state index contributed by atoms with van der Waals surface area (Å²) in [5.41, 5.74) is 0. The molecular formula is C21H42N2O2. The van der Waals surface area contributed by atoms with E-state index in [1.807, 2.05) is 0 Å². The molecule has 0 saturated carbocycles. The summed E-state index contributed by atoms with van der Waals surface area (Å²) in [5.74, 6) is 1.92. The molecule has 0 radical (unpaired) electrons. The zero-order chi connectivity index (χ0) is 18.1. The van der Waals surface area contributed by atoms with Gasteiger partial charge in [-0.2, -0.15) is 0 Å². The summed E-state index contributed by atoms with van der Waals surface area (Å²) in [6.07, 6.45) is 7.76. The van der Waals surface area contributed by atoms with Gasteiger partial charge in [-0.15, -0.1) is 0 Å². The van der Waals surface area contributed by atoms with Gasteiger partial charge in [0, 0.05) is 13.1 Å². The highest BCUT2D eigenvalue weighted by Gasteiger charge is 2.25. The van der Waals surface area contributed by atoms with Gasteiger partial charge in [0.2, 0.25) is 0 Å². The lowest BCUT2D eigenvalue weighted by atomic mass is 9.83. The summed E-state index contributed by atoms with van der Waals surface area (Å²) in [7, 11) is 0. The molecule has 2 aliphatic heterocycles. The molecule has 2 rings (SSSR count). The smallest absolute Gasteiger partial charge is 0.0596 e. The number of rotatable bonds is 10. The first kappa shape index (κ1) is 21.1. The summed E-state index contributed by atoms with van der Waals surface area (Å²) in [4.78, 5) is 5.19. The summed E-state index contributed by atoms with van der Waals surface area (Å²) < 4.78 is 11.4. The summed E-state index contributed by atoms with van der Waals surface area (Å²) in [6.45, 7) is 17.6. The van der Waals surface area contributed by atoms with Crippen LogP contribution in [0, 0.1) is 11.8 Å². The molecule has 148 valence electrons. The van der Waals surface area contributed by atoms with E-state index in [1.54, 1.807) is 0 Å². The standard InChI is InChI=1S/C21H42N2O2/c1-18(2)24-15-13-22-9-5-20(6-10-22)17-21-7-11-23(12-8-21)14-16-25-19(3)4/h18-21H,5-17H2,1-4H3. The average molecular weight is 355 g/mol. The van der Waals surface area contributed by atoms with Crippen molar-refractivity contribution < 1.29 is 9.47 Å². The van der Waals surface area contributed by atoms with Crippen molar-refractivity contribution in [3.63, 3.8) is 0 Å². The first-order valence-electron chi connectivity index (χ1n) is 10.7. The second kappa shape index (κ2) is 11.5. The zero-order valence-electron chi connectivity index (χ0n) is 17.2. The third-order valence-electron chi connectivity index (χ3n) is 5.80. The quantitative estimate of drug-likeness (QED) is 0.598. The van der Waals surface area contributed by atoms with Crippen LogP contribution >= 0.6 is 0 Å². The van der Waals surface area contributed by atoms with Crippen LogP contribution in [0.2, 0.25) is 0 Å². The summed E-state index contributed by atoms with van der Waals surface area (Å²) in [5, 5.41) is 0. The van der Waals surface area contributed by atoms with Crippen LogP contribution in [-0.4, -0.2) is 74.5 Å². The molecule has 0 unspecified atom stereocenters. The maximum atomic E-state index is 5.69. The SMILES string of the molecule is CC(C)OCCN1CCC(CC2CCN(CCOC(C)C)CC2)CC1. The maximum Gasteiger partial charge on any atom is 0.0596 e. The number of nitrogens with zero attached hydrogens (tertiary/aromatic N) is 2. The predicted molar refractivity (Wildman–Crippen MR) is 105 cm³/mol. The summed E-state index contributed by atoms with van der Waals surface area (Å²) in [6, 6.07) is 0. The fourth-order valence-corrected chi connectivity index (χ4v) is 4.20. The van der Waals surface area contributed by atoms with Gasteiger partial charge < -0.3 is 19.3 Å². The number of hydrogen-bond acceptors (Lipinski definition) is 4. The Labute approximate surface area is 156 Å². The fraction of sp³-hybridized carbons (Fsp3) is 1.00. The van der Waals surface area contributed by atoms with Crippen molar-refractivity contribution in [2.75, 3.05) is 52.5 Å². The number of piperidine rings is 2. The fourth-order valence-electron chi connectivity index (χ4n) is 4.20. The van der Waals surface area contributed by atoms with E-state index in [2.05, 4.69) is 37.5 Å². The molecule has 0 N–H and O–H groups in total. The van der Waals surface area contributed by atoms with Crippen LogP contribution in [0.4, 0.5) is 0 Å². The molecule has 0 aromatic carbocycles. The van der Waals surface area contributed by atoms with E-state index in [0.29, 0.717) is 12.2 Å². The Morgan fingerprint density at radius 1 is 0.680 bits per heavy atom. The molecule has 0 atom stereocenters. The van der Waals surface area contributed by atoms with Crippen LogP contribution in [0.1, 0.15) is 59.8 Å². The molecule has 0 aromatic rings. The lowest BCUT2D eigenvalue weighted by Crippen LogP contribution is -2.39. The summed E-state index contributed by atoms with van der Waals surface area (Å²) >= 11 is 0. The molecule has 2 saturated heterocycles. The van der Waals surface area contributed by atoms with E-state index in [-0.39, 0.29) is 0 Å². The average Bonchev–Trinajstić information content (AvgIpc) is 2.57. The van der Waals surface area contributed by atoms with Gasteiger partial charge in [-0.25, -0.2) is 0 Å². The normalized spacial score (nSPS) is 22.3. The van der Waals surface area contributed by atoms with Gasteiger partial charge >= 0.3 is 0 Å². The maximum absolute atomic E-state index is 5.69. The van der Waals surface area contributed by atoms with Gasteiger partial charge in [-0.05, 0) is 97.8 Å². The Morgan fingerprint density at radius 2 is 1.04 bits per heavy atom. The van der Waals surface area contributed by atoms with E-state index in [4.69, 9.17) is 9.47 Å². The van der Waals surface area contributed by atoms with E-state index in [1.165, 1.54) is 58.3 Å². The Balaban J connectivity index is 1.53. The van der Waals surface area contributed by atoms with Crippen LogP contribution in [0.5, 0.6) is 0 Å². The van der Waals surface area contributed by atoms with E-state index in [9.17, 15) is 0 Å². The predicted octanol–water partition coefficient (Wildman–Crippen LogP) is 3.65. The molecule has 2 aliphatic rings. The van der Waals surface area contributed by atoms with E-state index < -0.39 is 0 Å². The van der Waals surface area contributed by atoms with Gasteiger partial charge in [-0.1, -0.05) is 0 Å². The molecule has 0 spiro atoms. The van der Waals surface area contributed by atoms with Gasteiger partial charge in [0.25, 0.3) is 0 Å². The van der Waals surface area contributed by atoms with Crippen LogP contribution in [0.15, 0.2) is 0 Å². The van der Waals surface area contributed by atoms with Crippen LogP contribution in [0.3, 0.4) is 0 Å². The van der Waals surface area contributed by atoms with E-state index >= 15 is 0 Å². The van der Waals surface area contributed by atoms with Gasteiger partial charge in [0.1, 0.15) is 0 Å². The molecule has 0 aromatic heterocycles. The molecule has 2 heterocycles. The van der Waals surface area contributed by atoms with Crippen molar-refractivity contribution in [1.29, 1.82) is 0 Å². The first-order chi connectivity index (χ1) is 12.0. The number of likely N-dealkylation sites (tertiary alicyclic amines) is 2. The highest BCUT2D eigenvalue weighted by atomic mass is 16.5. The minimum Gasteiger partial charge on any atom is -0.377 e. The Morgan fingerprint density at radius 3 is 1.36 bits per heavy atom. The second-order valence-corrected chi connectivity index (χ2v) is 8.64. The third-order valence-corrected chi connectivity index (χ3v) is 5.80. The molecule has 0 aliphatic carbocycles. The first-order valence-corrected chi connectivity index (χ1v) is 10.7. The second-order valence-electron chi connectivity index (χ2n) is 8.64. The van der Waals surface area contributed by atoms with Crippen molar-refractivity contribution in [1.82, 2.24) is 9.80 Å². The molecule has 0 bridgehead atoms. The Kier molecular flexibility index (Phi) is 9.75. The molecule has 0 amide bonds. The largest absolute Gasteiger partial charge is 0.377 e. The highest BCUT2D eigenvalue weighted by molar-refractivity contribution is 4.78. The molecule has 4 nitrogen and oxygen atoms in total. The Hall–Kier alpha value is -0.160. The van der Waals surface area contributed by atoms with E-state index in [0.717, 1.165) is 38.1 Å². The lowest BCUT2D eigenvalue weighted by Gasteiger charge is -2.36.